The van der Waals surface area contributed by atoms with Gasteiger partial charge < -0.3 is 14.8 Å². The van der Waals surface area contributed by atoms with E-state index in [9.17, 15) is 9.59 Å². The van der Waals surface area contributed by atoms with Crippen LogP contribution >= 0.6 is 12.2 Å². The molecule has 0 radical (unpaired) electrons. The van der Waals surface area contributed by atoms with Crippen LogP contribution in [0.25, 0.3) is 11.3 Å². The predicted octanol–water partition coefficient (Wildman–Crippen LogP) is 4.64. The van der Waals surface area contributed by atoms with Gasteiger partial charge in [-0.25, -0.2) is 4.79 Å². The van der Waals surface area contributed by atoms with Crippen LogP contribution in [0.2, 0.25) is 0 Å². The van der Waals surface area contributed by atoms with Crippen LogP contribution in [-0.4, -0.2) is 22.1 Å². The van der Waals surface area contributed by atoms with Gasteiger partial charge >= 0.3 is 5.97 Å². The Morgan fingerprint density at radius 2 is 1.79 bits per heavy atom. The molecule has 0 atom stereocenters. The maximum absolute atomic E-state index is 12.4. The molecule has 0 aliphatic rings. The number of hydrogen-bond donors (Lipinski definition) is 3. The molecule has 1 aromatic heterocycles. The molecule has 29 heavy (non-hydrogen) atoms. The van der Waals surface area contributed by atoms with Gasteiger partial charge in [-0.15, -0.1) is 0 Å². The summed E-state index contributed by atoms with van der Waals surface area (Å²) in [5.41, 5.74) is 3.89. The second kappa shape index (κ2) is 8.70. The highest BCUT2D eigenvalue weighted by Crippen LogP contribution is 2.30. The summed E-state index contributed by atoms with van der Waals surface area (Å²) >= 11 is 5.27. The number of aromatic carboxylic acids is 1. The Hall–Kier alpha value is -3.45. The van der Waals surface area contributed by atoms with Crippen LogP contribution in [0.15, 0.2) is 59.0 Å². The summed E-state index contributed by atoms with van der Waals surface area (Å²) in [5.74, 6) is -1.11. The van der Waals surface area contributed by atoms with Crippen LogP contribution in [0.4, 0.5) is 5.69 Å². The molecule has 0 aliphatic heterocycles. The Bertz CT molecular complexity index is 1070. The predicted molar refractivity (Wildman–Crippen MR) is 115 cm³/mol. The highest BCUT2D eigenvalue weighted by molar-refractivity contribution is 7.80. The van der Waals surface area contributed by atoms with Crippen molar-refractivity contribution in [3.63, 3.8) is 0 Å². The molecule has 0 saturated heterocycles. The molecule has 0 aliphatic carbocycles. The van der Waals surface area contributed by atoms with Crippen LogP contribution in [0.1, 0.15) is 39.0 Å². The summed E-state index contributed by atoms with van der Waals surface area (Å²) < 4.78 is 5.38. The van der Waals surface area contributed by atoms with Crippen LogP contribution < -0.4 is 10.6 Å². The summed E-state index contributed by atoms with van der Waals surface area (Å²) in [6.45, 7) is 3.91. The van der Waals surface area contributed by atoms with E-state index in [-0.39, 0.29) is 16.8 Å². The molecule has 1 heterocycles. The number of carbonyl (C=O) groups excluding carboxylic acids is 1. The lowest BCUT2D eigenvalue weighted by atomic mass is 10.0. The van der Waals surface area contributed by atoms with E-state index in [1.54, 1.807) is 24.3 Å². The molecular weight excluding hydrogens is 388 g/mol. The number of nitrogens with one attached hydrogen (secondary N) is 2. The third-order valence-electron chi connectivity index (χ3n) is 4.52. The first kappa shape index (κ1) is 20.3. The van der Waals surface area contributed by atoms with Crippen molar-refractivity contribution in [2.45, 2.75) is 20.3 Å². The zero-order valence-electron chi connectivity index (χ0n) is 16.0. The molecule has 3 rings (SSSR count). The molecule has 3 N–H and O–H groups in total. The Morgan fingerprint density at radius 3 is 2.41 bits per heavy atom. The van der Waals surface area contributed by atoms with E-state index < -0.39 is 5.97 Å². The number of hydrogen-bond acceptors (Lipinski definition) is 4. The second-order valence-electron chi connectivity index (χ2n) is 6.41. The topological polar surface area (TPSA) is 91.6 Å². The van der Waals surface area contributed by atoms with Gasteiger partial charge in [-0.1, -0.05) is 31.2 Å². The number of rotatable bonds is 5. The number of carboxylic acids is 1. The van der Waals surface area contributed by atoms with E-state index in [2.05, 4.69) is 17.6 Å². The van der Waals surface area contributed by atoms with Gasteiger partial charge in [-0.3, -0.25) is 10.1 Å². The average molecular weight is 408 g/mol. The molecule has 7 heteroatoms. The maximum Gasteiger partial charge on any atom is 0.371 e. The van der Waals surface area contributed by atoms with Gasteiger partial charge in [0, 0.05) is 16.8 Å². The van der Waals surface area contributed by atoms with Gasteiger partial charge in [-0.05, 0) is 67.0 Å². The van der Waals surface area contributed by atoms with Crippen LogP contribution in [0.5, 0.6) is 0 Å². The highest BCUT2D eigenvalue weighted by atomic mass is 32.1. The van der Waals surface area contributed by atoms with Crippen LogP contribution in [0.3, 0.4) is 0 Å². The van der Waals surface area contributed by atoms with Crippen LogP contribution in [0, 0.1) is 6.92 Å². The summed E-state index contributed by atoms with van der Waals surface area (Å²) in [5, 5.41) is 14.9. The van der Waals surface area contributed by atoms with Gasteiger partial charge in [0.1, 0.15) is 5.76 Å². The number of amides is 1. The lowest BCUT2D eigenvalue weighted by Crippen LogP contribution is -2.34. The standard InChI is InChI=1S/C22H20N2O4S/c1-3-14-7-9-15(10-8-14)20(25)24-22(29)23-17-6-4-5-16(13(17)2)18-11-12-19(28-18)21(26)27/h4-12H,3H2,1-2H3,(H,26,27)(H2,23,24,25,29). The summed E-state index contributed by atoms with van der Waals surface area (Å²) in [6, 6.07) is 15.8. The van der Waals surface area contributed by atoms with E-state index in [0.717, 1.165) is 23.1 Å². The molecule has 0 fully saturated rings. The smallest absolute Gasteiger partial charge is 0.371 e. The van der Waals surface area contributed by atoms with Crippen molar-refractivity contribution < 1.29 is 19.1 Å². The molecule has 3 aromatic rings. The van der Waals surface area contributed by atoms with E-state index in [1.807, 2.05) is 31.2 Å². The summed E-state index contributed by atoms with van der Waals surface area (Å²) in [4.78, 5) is 23.4. The maximum atomic E-state index is 12.4. The van der Waals surface area contributed by atoms with E-state index in [4.69, 9.17) is 21.7 Å². The molecule has 148 valence electrons. The molecular formula is C22H20N2O4S. The third-order valence-corrected chi connectivity index (χ3v) is 4.72. The fourth-order valence-electron chi connectivity index (χ4n) is 2.86. The molecule has 0 bridgehead atoms. The Balaban J connectivity index is 1.73. The van der Waals surface area contributed by atoms with Crippen molar-refractivity contribution in [2.24, 2.45) is 0 Å². The number of carbonyl (C=O) groups is 2. The normalized spacial score (nSPS) is 10.4. The first-order valence-corrected chi connectivity index (χ1v) is 9.44. The van der Waals surface area contributed by atoms with E-state index in [0.29, 0.717) is 17.0 Å². The number of anilines is 1. The van der Waals surface area contributed by atoms with Gasteiger partial charge in [-0.2, -0.15) is 0 Å². The quantitative estimate of drug-likeness (QED) is 0.533. The Morgan fingerprint density at radius 1 is 1.07 bits per heavy atom. The first-order chi connectivity index (χ1) is 13.9. The van der Waals surface area contributed by atoms with E-state index >= 15 is 0 Å². The number of aryl methyl sites for hydroxylation is 1. The van der Waals surface area contributed by atoms with Crippen LogP contribution in [-0.2, 0) is 6.42 Å². The number of benzene rings is 2. The number of furan rings is 1. The number of carboxylic acid groups (broad SMARTS) is 1. The fourth-order valence-corrected chi connectivity index (χ4v) is 3.06. The van der Waals surface area contributed by atoms with Gasteiger partial charge in [0.25, 0.3) is 5.91 Å². The third kappa shape index (κ3) is 4.70. The van der Waals surface area contributed by atoms with Gasteiger partial charge in [0.15, 0.2) is 5.11 Å². The zero-order chi connectivity index (χ0) is 21.0. The van der Waals surface area contributed by atoms with Crippen molar-refractivity contribution >= 4 is 34.9 Å². The minimum atomic E-state index is -1.13. The van der Waals surface area contributed by atoms with E-state index in [1.165, 1.54) is 6.07 Å². The largest absolute Gasteiger partial charge is 0.475 e. The summed E-state index contributed by atoms with van der Waals surface area (Å²) in [6.07, 6.45) is 0.904. The highest BCUT2D eigenvalue weighted by Gasteiger charge is 2.14. The number of thiocarbonyl (C=S) groups is 1. The van der Waals surface area contributed by atoms with Crippen molar-refractivity contribution in [1.29, 1.82) is 0 Å². The molecule has 0 unspecified atom stereocenters. The molecule has 0 spiro atoms. The van der Waals surface area contributed by atoms with Crippen molar-refractivity contribution in [3.8, 4) is 11.3 Å². The minimum absolute atomic E-state index is 0.130. The Labute approximate surface area is 173 Å². The lowest BCUT2D eigenvalue weighted by Gasteiger charge is -2.14. The molecule has 6 nitrogen and oxygen atoms in total. The second-order valence-corrected chi connectivity index (χ2v) is 6.81. The SMILES string of the molecule is CCc1ccc(C(=O)NC(=S)Nc2cccc(-c3ccc(C(=O)O)o3)c2C)cc1. The molecule has 1 amide bonds. The molecule has 2 aromatic carbocycles. The lowest BCUT2D eigenvalue weighted by molar-refractivity contribution is 0.0663. The van der Waals surface area contributed by atoms with Crippen molar-refractivity contribution in [2.75, 3.05) is 5.32 Å². The zero-order valence-corrected chi connectivity index (χ0v) is 16.8. The molecule has 0 saturated carbocycles. The monoisotopic (exact) mass is 408 g/mol. The Kier molecular flexibility index (Phi) is 6.09. The van der Waals surface area contributed by atoms with Gasteiger partial charge in [0.05, 0.1) is 0 Å². The van der Waals surface area contributed by atoms with Crippen molar-refractivity contribution in [1.82, 2.24) is 5.32 Å². The van der Waals surface area contributed by atoms with Gasteiger partial charge in [0.2, 0.25) is 5.76 Å². The fraction of sp³-hybridized carbons (Fsp3) is 0.136. The minimum Gasteiger partial charge on any atom is -0.475 e. The average Bonchev–Trinajstić information content (AvgIpc) is 3.20. The van der Waals surface area contributed by atoms with Crippen molar-refractivity contribution in [3.05, 3.63) is 77.0 Å². The summed E-state index contributed by atoms with van der Waals surface area (Å²) in [7, 11) is 0. The first-order valence-electron chi connectivity index (χ1n) is 9.03.